The van der Waals surface area contributed by atoms with Gasteiger partial charge in [0.15, 0.2) is 0 Å². The lowest BCUT2D eigenvalue weighted by atomic mass is 9.74. The highest BCUT2D eigenvalue weighted by atomic mass is 32.1. The van der Waals surface area contributed by atoms with E-state index in [1.165, 1.54) is 27.1 Å². The summed E-state index contributed by atoms with van der Waals surface area (Å²) < 4.78 is 5.95. The van der Waals surface area contributed by atoms with E-state index in [2.05, 4.69) is 52.0 Å². The molecule has 2 rings (SSSR count). The van der Waals surface area contributed by atoms with Gasteiger partial charge in [-0.3, -0.25) is 0 Å². The molecule has 4 heteroatoms. The Bertz CT molecular complexity index is 828. The van der Waals surface area contributed by atoms with Crippen LogP contribution in [0.15, 0.2) is 24.3 Å². The number of ether oxygens (including phenoxy) is 1. The third-order valence-electron chi connectivity index (χ3n) is 6.11. The number of benzene rings is 1. The maximum atomic E-state index is 10.3. The Morgan fingerprint density at radius 3 is 2.28 bits per heavy atom. The summed E-state index contributed by atoms with van der Waals surface area (Å²) in [5, 5.41) is 17.7. The van der Waals surface area contributed by atoms with Gasteiger partial charge in [0.2, 0.25) is 0 Å². The largest absolute Gasteiger partial charge is 0.491 e. The minimum Gasteiger partial charge on any atom is -0.491 e. The lowest BCUT2D eigenvalue weighted by Crippen LogP contribution is -2.32. The quantitative estimate of drug-likeness (QED) is 0.462. The molecular weight excluding hydrogens is 378 g/mol. The number of rotatable bonds is 9. The highest BCUT2D eigenvalue weighted by Crippen LogP contribution is 2.44. The van der Waals surface area contributed by atoms with Gasteiger partial charge in [-0.15, -0.1) is 11.3 Å². The molecule has 1 heterocycles. The van der Waals surface area contributed by atoms with E-state index in [1.54, 1.807) is 0 Å². The number of hydrogen-bond donors (Lipinski definition) is 2. The van der Waals surface area contributed by atoms with E-state index in [0.717, 1.165) is 24.2 Å². The molecule has 0 fully saturated rings. The van der Waals surface area contributed by atoms with Gasteiger partial charge in [-0.25, -0.2) is 0 Å². The Kier molecular flexibility index (Phi) is 7.69. The summed E-state index contributed by atoms with van der Waals surface area (Å²) in [5.41, 5.74) is 3.48. The Morgan fingerprint density at radius 1 is 1.10 bits per heavy atom. The average molecular weight is 416 g/mol. The first kappa shape index (κ1) is 23.6. The molecule has 0 bridgehead atoms. The summed E-state index contributed by atoms with van der Waals surface area (Å²) >= 11 is 1.85. The van der Waals surface area contributed by atoms with Gasteiger partial charge in [-0.05, 0) is 60.9 Å². The Balaban J connectivity index is 2.35. The summed E-state index contributed by atoms with van der Waals surface area (Å²) in [4.78, 5) is 2.67. The molecule has 2 N–H and O–H groups in total. The molecule has 0 saturated carbocycles. The monoisotopic (exact) mass is 415 g/mol. The van der Waals surface area contributed by atoms with Crippen LogP contribution in [0.5, 0.6) is 5.75 Å². The number of nitrogens with one attached hydrogen (secondary N) is 1. The second kappa shape index (κ2) is 9.44. The summed E-state index contributed by atoms with van der Waals surface area (Å²) in [6, 6.07) is 8.80. The van der Waals surface area contributed by atoms with E-state index >= 15 is 0 Å². The van der Waals surface area contributed by atoms with Gasteiger partial charge in [-0.1, -0.05) is 46.8 Å². The number of thiophene rings is 1. The van der Waals surface area contributed by atoms with Crippen molar-refractivity contribution in [1.82, 2.24) is 0 Å². The van der Waals surface area contributed by atoms with E-state index in [9.17, 15) is 5.11 Å². The predicted octanol–water partition coefficient (Wildman–Crippen LogP) is 6.45. The van der Waals surface area contributed by atoms with Gasteiger partial charge in [0.1, 0.15) is 12.4 Å². The molecule has 1 unspecified atom stereocenters. The van der Waals surface area contributed by atoms with Gasteiger partial charge in [0.05, 0.1) is 6.10 Å². The summed E-state index contributed by atoms with van der Waals surface area (Å²) in [6.45, 7) is 15.1. The zero-order valence-electron chi connectivity index (χ0n) is 19.1. The molecule has 160 valence electrons. The molecule has 3 nitrogen and oxygen atoms in total. The molecule has 2 aromatic rings. The van der Waals surface area contributed by atoms with Crippen LogP contribution in [0.1, 0.15) is 73.9 Å². The lowest BCUT2D eigenvalue weighted by Gasteiger charge is -2.32. The van der Waals surface area contributed by atoms with Crippen molar-refractivity contribution in [1.29, 1.82) is 5.41 Å². The normalized spacial score (nSPS) is 13.4. The second-order valence-electron chi connectivity index (χ2n) is 9.09. The van der Waals surface area contributed by atoms with Gasteiger partial charge in [0.25, 0.3) is 0 Å². The van der Waals surface area contributed by atoms with Crippen molar-refractivity contribution in [2.45, 2.75) is 79.2 Å². The van der Waals surface area contributed by atoms with Crippen molar-refractivity contribution in [3.8, 4) is 5.75 Å². The van der Waals surface area contributed by atoms with Gasteiger partial charge in [-0.2, -0.15) is 0 Å². The Hall–Kier alpha value is -1.65. The van der Waals surface area contributed by atoms with Crippen LogP contribution >= 0.6 is 11.3 Å². The van der Waals surface area contributed by atoms with E-state index in [4.69, 9.17) is 10.1 Å². The van der Waals surface area contributed by atoms with Crippen molar-refractivity contribution in [3.05, 3.63) is 50.7 Å². The van der Waals surface area contributed by atoms with Gasteiger partial charge >= 0.3 is 0 Å². The Labute approximate surface area is 180 Å². The molecule has 1 aromatic carbocycles. The molecule has 1 aromatic heterocycles. The molecule has 0 radical (unpaired) electrons. The fraction of sp³-hybridized carbons (Fsp3) is 0.560. The predicted molar refractivity (Wildman–Crippen MR) is 125 cm³/mol. The van der Waals surface area contributed by atoms with Crippen LogP contribution in [0.4, 0.5) is 0 Å². The van der Waals surface area contributed by atoms with Gasteiger partial charge < -0.3 is 15.3 Å². The van der Waals surface area contributed by atoms with E-state index in [1.807, 2.05) is 32.1 Å². The third kappa shape index (κ3) is 5.10. The van der Waals surface area contributed by atoms with E-state index < -0.39 is 6.10 Å². The fourth-order valence-corrected chi connectivity index (χ4v) is 5.22. The van der Waals surface area contributed by atoms with Crippen LogP contribution in [0.25, 0.3) is 0 Å². The minimum atomic E-state index is -0.506. The molecule has 0 amide bonds. The average Bonchev–Trinajstić information content (AvgIpc) is 3.02. The molecule has 1 atom stereocenters. The van der Waals surface area contributed by atoms with E-state index in [0.29, 0.717) is 13.0 Å². The van der Waals surface area contributed by atoms with Crippen molar-refractivity contribution in [2.75, 3.05) is 6.61 Å². The Morgan fingerprint density at radius 2 is 1.76 bits per heavy atom. The molecule has 29 heavy (non-hydrogen) atoms. The molecule has 0 aliphatic heterocycles. The number of aliphatic hydroxyl groups is 1. The van der Waals surface area contributed by atoms with E-state index in [-0.39, 0.29) is 10.8 Å². The zero-order chi connectivity index (χ0) is 21.8. The highest BCUT2D eigenvalue weighted by molar-refractivity contribution is 7.12. The molecule has 0 spiro atoms. The maximum Gasteiger partial charge on any atom is 0.122 e. The first-order chi connectivity index (χ1) is 13.6. The standard InChI is InChI=1S/C25H37NO2S/c1-8-25(9-2,23-15-18(4)21(29-23)12-13-26)19-10-11-20(17(3)14-19)28-16-22(27)24(5,6)7/h10-11,13-15,22,26-27H,8-9,12,16H2,1-7H3. The van der Waals surface area contributed by atoms with Crippen molar-refractivity contribution >= 4 is 17.6 Å². The summed E-state index contributed by atoms with van der Waals surface area (Å²) in [5.74, 6) is 0.838. The summed E-state index contributed by atoms with van der Waals surface area (Å²) in [6.07, 6.45) is 3.74. The smallest absolute Gasteiger partial charge is 0.122 e. The number of aliphatic hydroxyl groups excluding tert-OH is 1. The van der Waals surface area contributed by atoms with Crippen LogP contribution in [0.2, 0.25) is 0 Å². The van der Waals surface area contributed by atoms with Crippen LogP contribution in [-0.2, 0) is 11.8 Å². The molecule has 0 aliphatic rings. The third-order valence-corrected chi connectivity index (χ3v) is 7.57. The van der Waals surface area contributed by atoms with Crippen molar-refractivity contribution in [2.24, 2.45) is 5.41 Å². The van der Waals surface area contributed by atoms with Crippen molar-refractivity contribution < 1.29 is 9.84 Å². The summed E-state index contributed by atoms with van der Waals surface area (Å²) in [7, 11) is 0. The van der Waals surface area contributed by atoms with Crippen LogP contribution < -0.4 is 4.74 Å². The maximum absolute atomic E-state index is 10.3. The SMILES string of the molecule is CCC(CC)(c1ccc(OCC(O)C(C)(C)C)c(C)c1)c1cc(C)c(CC=N)s1. The van der Waals surface area contributed by atoms with Crippen LogP contribution in [-0.4, -0.2) is 24.0 Å². The fourth-order valence-electron chi connectivity index (χ4n) is 3.73. The topological polar surface area (TPSA) is 53.3 Å². The van der Waals surface area contributed by atoms with Gasteiger partial charge in [0, 0.05) is 27.8 Å². The van der Waals surface area contributed by atoms with Crippen molar-refractivity contribution in [3.63, 3.8) is 0 Å². The lowest BCUT2D eigenvalue weighted by molar-refractivity contribution is 0.0216. The molecular formula is C25H37NO2S. The minimum absolute atomic E-state index is 0.0239. The molecule has 0 saturated heterocycles. The number of aryl methyl sites for hydroxylation is 2. The molecule has 0 aliphatic carbocycles. The second-order valence-corrected chi connectivity index (χ2v) is 10.2. The van der Waals surface area contributed by atoms with Crippen LogP contribution in [0.3, 0.4) is 0 Å². The highest BCUT2D eigenvalue weighted by Gasteiger charge is 2.33. The van der Waals surface area contributed by atoms with Crippen LogP contribution in [0, 0.1) is 24.7 Å². The zero-order valence-corrected chi connectivity index (χ0v) is 19.9. The first-order valence-electron chi connectivity index (χ1n) is 10.6. The number of hydrogen-bond acceptors (Lipinski definition) is 4. The first-order valence-corrected chi connectivity index (χ1v) is 11.4.